The van der Waals surface area contributed by atoms with Crippen molar-refractivity contribution in [1.82, 2.24) is 4.72 Å². The number of carbonyl (C=O) groups excluding carboxylic acids is 1. The average molecular weight is 433 g/mol. The molecule has 0 aromatic heterocycles. The Balaban J connectivity index is 1.59. The van der Waals surface area contributed by atoms with Crippen molar-refractivity contribution in [2.75, 3.05) is 32.2 Å². The first-order valence-corrected chi connectivity index (χ1v) is 11.5. The lowest BCUT2D eigenvalue weighted by Crippen LogP contribution is -2.26. The molecule has 1 fully saturated rings. The Bertz CT molecular complexity index is 1020. The van der Waals surface area contributed by atoms with Gasteiger partial charge >= 0.3 is 0 Å². The van der Waals surface area contributed by atoms with Crippen LogP contribution in [0.3, 0.4) is 0 Å². The summed E-state index contributed by atoms with van der Waals surface area (Å²) < 4.78 is 38.5. The van der Waals surface area contributed by atoms with Crippen molar-refractivity contribution in [2.24, 2.45) is 0 Å². The van der Waals surface area contributed by atoms with Crippen LogP contribution in [0.15, 0.2) is 41.3 Å². The van der Waals surface area contributed by atoms with E-state index in [9.17, 15) is 13.2 Å². The summed E-state index contributed by atoms with van der Waals surface area (Å²) in [5.41, 5.74) is 2.60. The van der Waals surface area contributed by atoms with Crippen molar-refractivity contribution >= 4 is 21.6 Å². The Morgan fingerprint density at radius 3 is 2.47 bits per heavy atom. The number of aryl methyl sites for hydroxylation is 2. The summed E-state index contributed by atoms with van der Waals surface area (Å²) in [6.07, 6.45) is 2.73. The number of amides is 1. The molecule has 0 aliphatic carbocycles. The maximum Gasteiger partial charge on any atom is 0.240 e. The number of carbonyl (C=O) groups is 1. The highest BCUT2D eigenvalue weighted by molar-refractivity contribution is 7.89. The van der Waals surface area contributed by atoms with Gasteiger partial charge < -0.3 is 14.4 Å². The fourth-order valence-electron chi connectivity index (χ4n) is 3.62. The minimum atomic E-state index is -3.61. The molecule has 0 atom stereocenters. The fraction of sp³-hybridized carbons (Fsp3) is 0.409. The van der Waals surface area contributed by atoms with Gasteiger partial charge in [-0.1, -0.05) is 6.07 Å². The lowest BCUT2D eigenvalue weighted by molar-refractivity contribution is -0.117. The molecule has 2 aromatic carbocycles. The van der Waals surface area contributed by atoms with Gasteiger partial charge in [-0.2, -0.15) is 0 Å². The standard InChI is InChI=1S/C22H28N2O5S/c1-16-14-18(9-10-19(16)24-13-5-7-22(24)25)30(26,27)23-12-4-6-17-8-11-20(28-2)21(15-17)29-3/h8-11,14-15,23H,4-7,12-13H2,1-3H3. The van der Waals surface area contributed by atoms with Gasteiger partial charge in [-0.25, -0.2) is 13.1 Å². The van der Waals surface area contributed by atoms with Crippen LogP contribution in [0.5, 0.6) is 11.5 Å². The first-order chi connectivity index (χ1) is 14.4. The smallest absolute Gasteiger partial charge is 0.240 e. The lowest BCUT2D eigenvalue weighted by atomic mass is 10.1. The molecular weight excluding hydrogens is 404 g/mol. The number of methoxy groups -OCH3 is 2. The van der Waals surface area contributed by atoms with Gasteiger partial charge in [0.25, 0.3) is 0 Å². The predicted octanol–water partition coefficient (Wildman–Crippen LogP) is 3.05. The average Bonchev–Trinajstić information content (AvgIpc) is 3.16. The van der Waals surface area contributed by atoms with Crippen LogP contribution in [0.2, 0.25) is 0 Å². The summed E-state index contributed by atoms with van der Waals surface area (Å²) in [7, 11) is -0.440. The van der Waals surface area contributed by atoms with Crippen LogP contribution >= 0.6 is 0 Å². The molecule has 3 rings (SSSR count). The molecule has 1 saturated heterocycles. The van der Waals surface area contributed by atoms with Crippen molar-refractivity contribution in [3.8, 4) is 11.5 Å². The second kappa shape index (κ2) is 9.49. The quantitative estimate of drug-likeness (QED) is 0.616. The zero-order valence-electron chi connectivity index (χ0n) is 17.6. The van der Waals surface area contributed by atoms with E-state index in [0.29, 0.717) is 43.9 Å². The van der Waals surface area contributed by atoms with Crippen LogP contribution in [0.25, 0.3) is 0 Å². The molecule has 2 aromatic rings. The third kappa shape index (κ3) is 4.94. The molecule has 1 aliphatic heterocycles. The van der Waals surface area contributed by atoms with E-state index in [1.165, 1.54) is 0 Å². The van der Waals surface area contributed by atoms with E-state index >= 15 is 0 Å². The number of anilines is 1. The minimum absolute atomic E-state index is 0.0852. The third-order valence-electron chi connectivity index (χ3n) is 5.23. The monoisotopic (exact) mass is 432 g/mol. The highest BCUT2D eigenvalue weighted by Gasteiger charge is 2.24. The number of ether oxygens (including phenoxy) is 2. The van der Waals surface area contributed by atoms with Gasteiger partial charge in [0.2, 0.25) is 15.9 Å². The van der Waals surface area contributed by atoms with E-state index in [2.05, 4.69) is 4.72 Å². The number of rotatable bonds is 9. The molecule has 1 heterocycles. The van der Waals surface area contributed by atoms with E-state index in [0.717, 1.165) is 23.2 Å². The molecule has 7 nitrogen and oxygen atoms in total. The van der Waals surface area contributed by atoms with E-state index in [1.807, 2.05) is 25.1 Å². The number of hydrogen-bond donors (Lipinski definition) is 1. The highest BCUT2D eigenvalue weighted by atomic mass is 32.2. The zero-order chi connectivity index (χ0) is 21.7. The van der Waals surface area contributed by atoms with Crippen molar-refractivity contribution in [3.63, 3.8) is 0 Å². The summed E-state index contributed by atoms with van der Waals surface area (Å²) >= 11 is 0. The maximum absolute atomic E-state index is 12.6. The number of nitrogens with zero attached hydrogens (tertiary/aromatic N) is 1. The Hall–Kier alpha value is -2.58. The van der Waals surface area contributed by atoms with E-state index in [1.54, 1.807) is 37.3 Å². The second-order valence-electron chi connectivity index (χ2n) is 7.29. The molecule has 0 spiro atoms. The second-order valence-corrected chi connectivity index (χ2v) is 9.05. The van der Waals surface area contributed by atoms with Gasteiger partial charge in [0, 0.05) is 25.2 Å². The van der Waals surface area contributed by atoms with E-state index in [4.69, 9.17) is 9.47 Å². The Morgan fingerprint density at radius 2 is 1.83 bits per heavy atom. The number of benzene rings is 2. The molecule has 30 heavy (non-hydrogen) atoms. The molecule has 0 radical (unpaired) electrons. The van der Waals surface area contributed by atoms with Gasteiger partial charge in [-0.05, 0) is 67.6 Å². The summed E-state index contributed by atoms with van der Waals surface area (Å²) in [6.45, 7) is 2.83. The summed E-state index contributed by atoms with van der Waals surface area (Å²) in [4.78, 5) is 13.9. The third-order valence-corrected chi connectivity index (χ3v) is 6.68. The molecule has 0 bridgehead atoms. The van der Waals surface area contributed by atoms with Crippen LogP contribution < -0.4 is 19.1 Å². The van der Waals surface area contributed by atoms with Gasteiger partial charge in [0.05, 0.1) is 19.1 Å². The topological polar surface area (TPSA) is 84.9 Å². The molecule has 0 saturated carbocycles. The first-order valence-electron chi connectivity index (χ1n) is 9.97. The molecule has 8 heteroatoms. The van der Waals surface area contributed by atoms with Crippen LogP contribution in [0.1, 0.15) is 30.4 Å². The fourth-order valence-corrected chi connectivity index (χ4v) is 4.78. The van der Waals surface area contributed by atoms with Crippen LogP contribution in [0, 0.1) is 6.92 Å². The van der Waals surface area contributed by atoms with E-state index < -0.39 is 10.0 Å². The van der Waals surface area contributed by atoms with Gasteiger partial charge in [0.1, 0.15) is 0 Å². The molecule has 1 aliphatic rings. The highest BCUT2D eigenvalue weighted by Crippen LogP contribution is 2.28. The summed E-state index contributed by atoms with van der Waals surface area (Å²) in [6, 6.07) is 10.6. The molecule has 1 amide bonds. The largest absolute Gasteiger partial charge is 0.493 e. The molecule has 0 unspecified atom stereocenters. The number of hydrogen-bond acceptors (Lipinski definition) is 5. The maximum atomic E-state index is 12.6. The van der Waals surface area contributed by atoms with Crippen LogP contribution in [0.4, 0.5) is 5.69 Å². The van der Waals surface area contributed by atoms with Gasteiger partial charge in [0.15, 0.2) is 11.5 Å². The summed E-state index contributed by atoms with van der Waals surface area (Å²) in [5, 5.41) is 0. The summed E-state index contributed by atoms with van der Waals surface area (Å²) in [5.74, 6) is 1.40. The van der Waals surface area contributed by atoms with Crippen molar-refractivity contribution in [3.05, 3.63) is 47.5 Å². The Kier molecular flexibility index (Phi) is 6.99. The normalized spacial score (nSPS) is 14.2. The van der Waals surface area contributed by atoms with Crippen molar-refractivity contribution < 1.29 is 22.7 Å². The van der Waals surface area contributed by atoms with Crippen molar-refractivity contribution in [2.45, 2.75) is 37.5 Å². The molecule has 1 N–H and O–H groups in total. The first kappa shape index (κ1) is 22.1. The van der Waals surface area contributed by atoms with Crippen LogP contribution in [-0.4, -0.2) is 41.6 Å². The Labute approximate surface area is 178 Å². The number of sulfonamides is 1. The Morgan fingerprint density at radius 1 is 1.07 bits per heavy atom. The number of nitrogens with one attached hydrogen (secondary N) is 1. The predicted molar refractivity (Wildman–Crippen MR) is 116 cm³/mol. The SMILES string of the molecule is COc1ccc(CCCNS(=O)(=O)c2ccc(N3CCCC3=O)c(C)c2)cc1OC. The lowest BCUT2D eigenvalue weighted by Gasteiger charge is -2.19. The van der Waals surface area contributed by atoms with Crippen LogP contribution in [-0.2, 0) is 21.2 Å². The van der Waals surface area contributed by atoms with E-state index in [-0.39, 0.29) is 10.8 Å². The molecule has 162 valence electrons. The zero-order valence-corrected chi connectivity index (χ0v) is 18.4. The van der Waals surface area contributed by atoms with Crippen molar-refractivity contribution in [1.29, 1.82) is 0 Å². The molecular formula is C22H28N2O5S. The van der Waals surface area contributed by atoms with Gasteiger partial charge in [-0.3, -0.25) is 4.79 Å². The van der Waals surface area contributed by atoms with Gasteiger partial charge in [-0.15, -0.1) is 0 Å². The minimum Gasteiger partial charge on any atom is -0.493 e.